The average Bonchev–Trinajstić information content (AvgIpc) is 2.78. The fourth-order valence-electron chi connectivity index (χ4n) is 7.29. The maximum absolute atomic E-state index is 14.6. The molecular formula is C23H40BFN2O3. The minimum atomic E-state index is -1.26. The topological polar surface area (TPSA) is 86.8 Å². The molecule has 4 N–H and O–H groups in total. The van der Waals surface area contributed by atoms with Crippen LogP contribution in [0.2, 0.25) is 5.82 Å². The average molecular weight is 422 g/mol. The lowest BCUT2D eigenvalue weighted by Crippen LogP contribution is -2.48. The smallest absolute Gasteiger partial charge is 0.427 e. The number of alkyl halides is 1. The molecule has 3 aliphatic carbocycles. The highest BCUT2D eigenvalue weighted by Crippen LogP contribution is 2.49. The highest BCUT2D eigenvalue weighted by molar-refractivity contribution is 6.43. The Kier molecular flexibility index (Phi) is 7.41. The molecule has 0 aromatic carbocycles. The maximum atomic E-state index is 14.6. The van der Waals surface area contributed by atoms with Crippen LogP contribution >= 0.6 is 0 Å². The van der Waals surface area contributed by atoms with E-state index in [1.807, 2.05) is 4.90 Å². The summed E-state index contributed by atoms with van der Waals surface area (Å²) in [4.78, 5) is 15.5. The van der Waals surface area contributed by atoms with E-state index in [1.165, 1.54) is 6.42 Å². The first-order valence-corrected chi connectivity index (χ1v) is 12.5. The molecule has 7 unspecified atom stereocenters. The molecule has 7 atom stereocenters. The highest BCUT2D eigenvalue weighted by atomic mass is 19.1. The predicted octanol–water partition coefficient (Wildman–Crippen LogP) is 3.00. The summed E-state index contributed by atoms with van der Waals surface area (Å²) in [6.07, 6.45) is 9.44. The van der Waals surface area contributed by atoms with Crippen LogP contribution in [0.25, 0.3) is 0 Å². The Balaban J connectivity index is 1.34. The molecule has 3 saturated carbocycles. The van der Waals surface area contributed by atoms with E-state index in [0.717, 1.165) is 70.9 Å². The number of amides is 1. The van der Waals surface area contributed by atoms with Gasteiger partial charge in [-0.25, -0.2) is 4.39 Å². The molecular weight excluding hydrogens is 382 g/mol. The van der Waals surface area contributed by atoms with Crippen molar-refractivity contribution >= 4 is 13.0 Å². The van der Waals surface area contributed by atoms with Crippen molar-refractivity contribution in [3.05, 3.63) is 0 Å². The summed E-state index contributed by atoms with van der Waals surface area (Å²) in [5.41, 5.74) is 5.86. The Hall–Kier alpha value is -0.655. The fourth-order valence-corrected chi connectivity index (χ4v) is 7.29. The van der Waals surface area contributed by atoms with Gasteiger partial charge in [-0.1, -0.05) is 25.7 Å². The van der Waals surface area contributed by atoms with Crippen LogP contribution in [-0.4, -0.2) is 53.8 Å². The van der Waals surface area contributed by atoms with Crippen LogP contribution in [0.1, 0.15) is 70.6 Å². The summed E-state index contributed by atoms with van der Waals surface area (Å²) in [6, 6.07) is 0. The molecule has 4 rings (SSSR count). The third-order valence-electron chi connectivity index (χ3n) is 9.15. The summed E-state index contributed by atoms with van der Waals surface area (Å²) in [5.74, 6) is 2.03. The summed E-state index contributed by atoms with van der Waals surface area (Å²) in [6.45, 7) is 2.16. The number of rotatable bonds is 4. The molecule has 5 nitrogen and oxygen atoms in total. The summed E-state index contributed by atoms with van der Waals surface area (Å²) >= 11 is 0. The fraction of sp³-hybridized carbons (Fsp3) is 0.957. The standard InChI is InChI=1S/C23H40BFN2O3/c25-22-7-4-15(14-26)12-21(22)17-8-10-27(11-9-17)23(28)19-3-1-2-16-5-6-18(24(29)30)13-20(16)19/h15-22,29-30H,1-14,26H2. The Morgan fingerprint density at radius 1 is 0.933 bits per heavy atom. The first-order valence-electron chi connectivity index (χ1n) is 12.5. The Morgan fingerprint density at radius 2 is 1.67 bits per heavy atom. The van der Waals surface area contributed by atoms with E-state index in [4.69, 9.17) is 5.73 Å². The van der Waals surface area contributed by atoms with Crippen molar-refractivity contribution in [2.45, 2.75) is 82.6 Å². The second kappa shape index (κ2) is 9.87. The quantitative estimate of drug-likeness (QED) is 0.608. The van der Waals surface area contributed by atoms with E-state index in [9.17, 15) is 19.2 Å². The van der Waals surface area contributed by atoms with Crippen molar-refractivity contribution in [2.24, 2.45) is 41.2 Å². The van der Waals surface area contributed by atoms with Crippen LogP contribution in [0, 0.1) is 35.5 Å². The summed E-state index contributed by atoms with van der Waals surface area (Å²) in [5, 5.41) is 19.3. The van der Waals surface area contributed by atoms with Crippen LogP contribution in [0.15, 0.2) is 0 Å². The van der Waals surface area contributed by atoms with Gasteiger partial charge in [0.15, 0.2) is 0 Å². The zero-order valence-electron chi connectivity index (χ0n) is 18.3. The summed E-state index contributed by atoms with van der Waals surface area (Å²) in [7, 11) is -1.26. The Morgan fingerprint density at radius 3 is 2.37 bits per heavy atom. The molecule has 0 aromatic rings. The Labute approximate surface area is 181 Å². The molecule has 170 valence electrons. The third-order valence-corrected chi connectivity index (χ3v) is 9.15. The van der Waals surface area contributed by atoms with Crippen LogP contribution < -0.4 is 5.73 Å². The van der Waals surface area contributed by atoms with Crippen molar-refractivity contribution in [3.63, 3.8) is 0 Å². The lowest BCUT2D eigenvalue weighted by atomic mass is 9.55. The van der Waals surface area contributed by atoms with Gasteiger partial charge in [0.2, 0.25) is 5.91 Å². The lowest BCUT2D eigenvalue weighted by Gasteiger charge is -2.46. The first-order chi connectivity index (χ1) is 14.5. The van der Waals surface area contributed by atoms with Crippen molar-refractivity contribution in [3.8, 4) is 0 Å². The molecule has 0 spiro atoms. The number of carbonyl (C=O) groups excluding carboxylic acids is 1. The van der Waals surface area contributed by atoms with Gasteiger partial charge in [0.1, 0.15) is 6.17 Å². The second-order valence-corrected chi connectivity index (χ2v) is 10.7. The van der Waals surface area contributed by atoms with Crippen molar-refractivity contribution in [1.29, 1.82) is 0 Å². The number of hydrogen-bond donors (Lipinski definition) is 3. The normalized spacial score (nSPS) is 40.7. The van der Waals surface area contributed by atoms with E-state index in [1.54, 1.807) is 0 Å². The van der Waals surface area contributed by atoms with Gasteiger partial charge in [-0.15, -0.1) is 0 Å². The number of likely N-dealkylation sites (tertiary alicyclic amines) is 1. The van der Waals surface area contributed by atoms with Crippen molar-refractivity contribution < 1.29 is 19.2 Å². The number of nitrogens with zero attached hydrogens (tertiary/aromatic N) is 1. The van der Waals surface area contributed by atoms with Gasteiger partial charge in [-0.3, -0.25) is 4.79 Å². The molecule has 4 fully saturated rings. The van der Waals surface area contributed by atoms with Gasteiger partial charge < -0.3 is 20.7 Å². The van der Waals surface area contributed by atoms with Gasteiger partial charge in [-0.2, -0.15) is 0 Å². The lowest BCUT2D eigenvalue weighted by molar-refractivity contribution is -0.142. The number of halogens is 1. The van der Waals surface area contributed by atoms with Gasteiger partial charge in [0, 0.05) is 19.0 Å². The summed E-state index contributed by atoms with van der Waals surface area (Å²) < 4.78 is 14.6. The minimum Gasteiger partial charge on any atom is -0.427 e. The minimum absolute atomic E-state index is 0.0343. The van der Waals surface area contributed by atoms with E-state index >= 15 is 0 Å². The van der Waals surface area contributed by atoms with Crippen molar-refractivity contribution in [1.82, 2.24) is 4.90 Å². The number of nitrogens with two attached hydrogens (primary N) is 1. The SMILES string of the molecule is NCC1CCC(F)C(C2CCN(C(=O)C3CCCC4CCC(B(O)O)CC43)CC2)C1. The van der Waals surface area contributed by atoms with E-state index in [2.05, 4.69) is 0 Å². The number of carbonyl (C=O) groups is 1. The monoisotopic (exact) mass is 422 g/mol. The molecule has 1 heterocycles. The zero-order valence-corrected chi connectivity index (χ0v) is 18.3. The van der Waals surface area contributed by atoms with Gasteiger partial charge >= 0.3 is 7.12 Å². The van der Waals surface area contributed by atoms with Crippen LogP contribution in [0.3, 0.4) is 0 Å². The molecule has 1 amide bonds. The van der Waals surface area contributed by atoms with Crippen LogP contribution in [0.4, 0.5) is 4.39 Å². The zero-order chi connectivity index (χ0) is 21.3. The molecule has 7 heteroatoms. The van der Waals surface area contributed by atoms with Crippen molar-refractivity contribution in [2.75, 3.05) is 19.6 Å². The van der Waals surface area contributed by atoms with E-state index in [-0.39, 0.29) is 23.6 Å². The molecule has 4 aliphatic rings. The van der Waals surface area contributed by atoms with Crippen LogP contribution in [-0.2, 0) is 4.79 Å². The van der Waals surface area contributed by atoms with Gasteiger partial charge in [0.05, 0.1) is 0 Å². The van der Waals surface area contributed by atoms with Gasteiger partial charge in [-0.05, 0) is 86.9 Å². The van der Waals surface area contributed by atoms with E-state index in [0.29, 0.717) is 36.6 Å². The second-order valence-electron chi connectivity index (χ2n) is 10.7. The van der Waals surface area contributed by atoms with Gasteiger partial charge in [0.25, 0.3) is 0 Å². The third kappa shape index (κ3) is 4.73. The molecule has 1 saturated heterocycles. The molecule has 1 aliphatic heterocycles. The Bertz CT molecular complexity index is 587. The predicted molar refractivity (Wildman–Crippen MR) is 116 cm³/mol. The van der Waals surface area contributed by atoms with Crippen LogP contribution in [0.5, 0.6) is 0 Å². The number of hydrogen-bond acceptors (Lipinski definition) is 4. The maximum Gasteiger partial charge on any atom is 0.454 e. The first kappa shape index (κ1) is 22.5. The molecule has 30 heavy (non-hydrogen) atoms. The molecule has 0 bridgehead atoms. The van der Waals surface area contributed by atoms with E-state index < -0.39 is 13.3 Å². The number of fused-ring (bicyclic) bond motifs is 1. The largest absolute Gasteiger partial charge is 0.454 e. The molecule has 0 aromatic heterocycles. The number of piperidine rings is 1. The molecule has 0 radical (unpaired) electrons. The highest BCUT2D eigenvalue weighted by Gasteiger charge is 2.45.